The van der Waals surface area contributed by atoms with Crippen molar-refractivity contribution in [3.63, 3.8) is 0 Å². The molecule has 1 aromatic rings. The molecular weight excluding hydrogens is 406 g/mol. The van der Waals surface area contributed by atoms with E-state index >= 15 is 0 Å². The Bertz CT molecular complexity index is 741. The lowest BCUT2D eigenvalue weighted by molar-refractivity contribution is -0.131. The highest BCUT2D eigenvalue weighted by Gasteiger charge is 2.30. The van der Waals surface area contributed by atoms with E-state index < -0.39 is 29.7 Å². The summed E-state index contributed by atoms with van der Waals surface area (Å²) in [5.41, 5.74) is 0.199. The van der Waals surface area contributed by atoms with Crippen molar-refractivity contribution in [3.05, 3.63) is 35.9 Å². The van der Waals surface area contributed by atoms with E-state index in [4.69, 9.17) is 4.74 Å². The molecule has 3 N–H and O–H groups in total. The maximum atomic E-state index is 13.2. The molecule has 7 nitrogen and oxygen atoms in total. The average molecular weight is 448 g/mol. The van der Waals surface area contributed by atoms with Crippen LogP contribution in [0, 0.1) is 11.8 Å². The van der Waals surface area contributed by atoms with Gasteiger partial charge in [-0.15, -0.1) is 0 Å². The monoisotopic (exact) mass is 447 g/mol. The molecule has 0 heterocycles. The lowest BCUT2D eigenvalue weighted by Crippen LogP contribution is -2.57. The third kappa shape index (κ3) is 10.6. The van der Waals surface area contributed by atoms with E-state index in [9.17, 15) is 14.4 Å². The van der Waals surface area contributed by atoms with Crippen molar-refractivity contribution in [1.82, 2.24) is 16.0 Å². The van der Waals surface area contributed by atoms with Crippen LogP contribution >= 0.6 is 0 Å². The second-order valence-electron chi connectivity index (χ2n) is 10.2. The lowest BCUT2D eigenvalue weighted by atomic mass is 9.99. The Morgan fingerprint density at radius 1 is 0.875 bits per heavy atom. The van der Waals surface area contributed by atoms with Gasteiger partial charge < -0.3 is 20.7 Å². The van der Waals surface area contributed by atoms with E-state index in [1.807, 2.05) is 51.1 Å². The molecule has 180 valence electrons. The largest absolute Gasteiger partial charge is 0.444 e. The van der Waals surface area contributed by atoms with Gasteiger partial charge in [0.05, 0.1) is 0 Å². The van der Waals surface area contributed by atoms with Crippen molar-refractivity contribution in [2.45, 2.75) is 92.0 Å². The predicted octanol–water partition coefficient (Wildman–Crippen LogP) is 3.81. The lowest BCUT2D eigenvalue weighted by Gasteiger charge is -2.28. The first-order valence-electron chi connectivity index (χ1n) is 11.4. The zero-order valence-corrected chi connectivity index (χ0v) is 20.8. The van der Waals surface area contributed by atoms with Crippen LogP contribution in [0.15, 0.2) is 30.3 Å². The van der Waals surface area contributed by atoms with E-state index in [1.54, 1.807) is 20.8 Å². The summed E-state index contributed by atoms with van der Waals surface area (Å²) >= 11 is 0. The molecule has 0 fully saturated rings. The van der Waals surface area contributed by atoms with E-state index in [0.29, 0.717) is 5.92 Å². The molecule has 0 saturated heterocycles. The molecule has 7 heteroatoms. The van der Waals surface area contributed by atoms with Crippen LogP contribution in [0.1, 0.15) is 67.4 Å². The molecular formula is C25H41N3O4. The molecule has 0 aliphatic rings. The smallest absolute Gasteiger partial charge is 0.408 e. The molecule has 0 saturated carbocycles. The third-order valence-electron chi connectivity index (χ3n) is 4.75. The maximum absolute atomic E-state index is 13.2. The molecule has 0 aromatic heterocycles. The predicted molar refractivity (Wildman–Crippen MR) is 127 cm³/mol. The van der Waals surface area contributed by atoms with Gasteiger partial charge in [-0.05, 0) is 51.5 Å². The first-order chi connectivity index (χ1) is 14.8. The van der Waals surface area contributed by atoms with E-state index in [2.05, 4.69) is 29.8 Å². The van der Waals surface area contributed by atoms with Crippen molar-refractivity contribution in [1.29, 1.82) is 0 Å². The molecule has 1 rings (SSSR count). The summed E-state index contributed by atoms with van der Waals surface area (Å²) in [6.07, 6.45) is 0.452. The molecule has 1 aromatic carbocycles. The van der Waals surface area contributed by atoms with Crippen LogP contribution in [-0.4, -0.2) is 41.6 Å². The zero-order chi connectivity index (χ0) is 24.5. The van der Waals surface area contributed by atoms with Gasteiger partial charge in [0.15, 0.2) is 0 Å². The summed E-state index contributed by atoms with van der Waals surface area (Å²) in [5, 5.41) is 8.50. The van der Waals surface area contributed by atoms with Crippen molar-refractivity contribution in [3.8, 4) is 0 Å². The Morgan fingerprint density at radius 3 is 1.97 bits per heavy atom. The van der Waals surface area contributed by atoms with Gasteiger partial charge in [0.1, 0.15) is 17.7 Å². The molecule has 0 aliphatic heterocycles. The first-order valence-corrected chi connectivity index (χ1v) is 11.4. The van der Waals surface area contributed by atoms with E-state index in [0.717, 1.165) is 12.0 Å². The second-order valence-corrected chi connectivity index (χ2v) is 10.2. The molecule has 0 bridgehead atoms. The Hall–Kier alpha value is -2.57. The summed E-state index contributed by atoms with van der Waals surface area (Å²) in [6, 6.07) is 7.81. The van der Waals surface area contributed by atoms with Crippen LogP contribution in [0.2, 0.25) is 0 Å². The molecule has 0 spiro atoms. The normalized spacial score (nSPS) is 14.4. The summed E-state index contributed by atoms with van der Waals surface area (Å²) in [5.74, 6) is -0.322. The number of hydrogen-bond acceptors (Lipinski definition) is 4. The van der Waals surface area contributed by atoms with Crippen molar-refractivity contribution in [2.75, 3.05) is 0 Å². The van der Waals surface area contributed by atoms with Crippen LogP contribution in [0.4, 0.5) is 4.79 Å². The van der Waals surface area contributed by atoms with Crippen molar-refractivity contribution in [2.24, 2.45) is 11.8 Å². The Labute approximate surface area is 193 Å². The Kier molecular flexibility index (Phi) is 10.7. The van der Waals surface area contributed by atoms with Crippen LogP contribution in [0.3, 0.4) is 0 Å². The molecule has 0 aliphatic carbocycles. The minimum absolute atomic E-state index is 0.000608. The van der Waals surface area contributed by atoms with Gasteiger partial charge in [0.25, 0.3) is 0 Å². The molecule has 0 radical (unpaired) electrons. The highest BCUT2D eigenvalue weighted by molar-refractivity contribution is 5.91. The van der Waals surface area contributed by atoms with Crippen LogP contribution < -0.4 is 16.0 Å². The summed E-state index contributed by atoms with van der Waals surface area (Å²) in [4.78, 5) is 38.4. The first kappa shape index (κ1) is 27.5. The van der Waals surface area contributed by atoms with Crippen LogP contribution in [-0.2, 0) is 20.7 Å². The van der Waals surface area contributed by atoms with Gasteiger partial charge in [0, 0.05) is 12.5 Å². The quantitative estimate of drug-likeness (QED) is 0.508. The Balaban J connectivity index is 2.96. The summed E-state index contributed by atoms with van der Waals surface area (Å²) in [6.45, 7) is 15.2. The fraction of sp³-hybridized carbons (Fsp3) is 0.640. The number of rotatable bonds is 10. The van der Waals surface area contributed by atoms with Gasteiger partial charge in [-0.25, -0.2) is 4.79 Å². The molecule has 32 heavy (non-hydrogen) atoms. The number of amides is 3. The highest BCUT2D eigenvalue weighted by Crippen LogP contribution is 2.11. The fourth-order valence-corrected chi connectivity index (χ4v) is 3.40. The third-order valence-corrected chi connectivity index (χ3v) is 4.75. The highest BCUT2D eigenvalue weighted by atomic mass is 16.6. The minimum atomic E-state index is -0.880. The van der Waals surface area contributed by atoms with Gasteiger partial charge in [-0.2, -0.15) is 0 Å². The molecule has 3 atom stereocenters. The summed E-state index contributed by atoms with van der Waals surface area (Å²) < 4.78 is 5.34. The maximum Gasteiger partial charge on any atom is 0.408 e. The van der Waals surface area contributed by atoms with Gasteiger partial charge >= 0.3 is 6.09 Å². The number of nitrogens with one attached hydrogen (secondary N) is 3. The van der Waals surface area contributed by atoms with Crippen molar-refractivity contribution >= 4 is 17.9 Å². The standard InChI is InChI=1S/C25H41N3O4/c1-16(2)14-18(5)26-23(30)21(17(3)4)28-22(29)20(15-19-12-10-9-11-13-19)27-24(31)32-25(6,7)8/h9-13,16-18,20-21H,14-15H2,1-8H3,(H,26,30)(H,27,31)(H,28,29)/t18?,20-,21?/m0/s1. The van der Waals surface area contributed by atoms with E-state index in [-0.39, 0.29) is 24.3 Å². The number of carbonyl (C=O) groups excluding carboxylic acids is 3. The zero-order valence-electron chi connectivity index (χ0n) is 20.8. The van der Waals surface area contributed by atoms with E-state index in [1.165, 1.54) is 0 Å². The number of benzene rings is 1. The average Bonchev–Trinajstić information content (AvgIpc) is 2.63. The topological polar surface area (TPSA) is 96.5 Å². The SMILES string of the molecule is CC(C)CC(C)NC(=O)C(NC(=O)[C@H](Cc1ccccc1)NC(=O)OC(C)(C)C)C(C)C. The van der Waals surface area contributed by atoms with Gasteiger partial charge in [0.2, 0.25) is 11.8 Å². The van der Waals surface area contributed by atoms with Crippen LogP contribution in [0.5, 0.6) is 0 Å². The van der Waals surface area contributed by atoms with Gasteiger partial charge in [-0.3, -0.25) is 9.59 Å². The number of alkyl carbamates (subject to hydrolysis) is 1. The fourth-order valence-electron chi connectivity index (χ4n) is 3.40. The molecule has 3 amide bonds. The Morgan fingerprint density at radius 2 is 1.47 bits per heavy atom. The number of carbonyl (C=O) groups is 3. The summed E-state index contributed by atoms with van der Waals surface area (Å²) in [7, 11) is 0. The number of ether oxygens (including phenoxy) is 1. The molecule has 2 unspecified atom stereocenters. The second kappa shape index (κ2) is 12.5. The number of hydrogen-bond donors (Lipinski definition) is 3. The van der Waals surface area contributed by atoms with Crippen molar-refractivity contribution < 1.29 is 19.1 Å². The van der Waals surface area contributed by atoms with Gasteiger partial charge in [-0.1, -0.05) is 58.0 Å². The van der Waals surface area contributed by atoms with Crippen LogP contribution in [0.25, 0.3) is 0 Å². The minimum Gasteiger partial charge on any atom is -0.444 e.